The quantitative estimate of drug-likeness (QED) is 0.757. The first-order valence-electron chi connectivity index (χ1n) is 8.25. The van der Waals surface area contributed by atoms with Gasteiger partial charge in [-0.2, -0.15) is 4.31 Å². The molecular weight excluding hydrogens is 392 g/mol. The Labute approximate surface area is 165 Å². The molecule has 10 heteroatoms. The molecule has 1 aromatic heterocycles. The molecular formula is C17H23ClN4O4S. The largest absolute Gasteiger partial charge is 0.465 e. The number of aryl methyl sites for hydroxylation is 2. The average Bonchev–Trinajstić information content (AvgIpc) is 3.07. The van der Waals surface area contributed by atoms with E-state index in [1.165, 1.54) is 23.5 Å². The van der Waals surface area contributed by atoms with Crippen molar-refractivity contribution in [2.75, 3.05) is 26.7 Å². The van der Waals surface area contributed by atoms with Crippen LogP contribution in [-0.2, 0) is 21.8 Å². The van der Waals surface area contributed by atoms with Gasteiger partial charge in [-0.15, -0.1) is 12.4 Å². The van der Waals surface area contributed by atoms with Crippen LogP contribution in [0, 0.1) is 6.92 Å². The topological polar surface area (TPSA) is 93.5 Å². The number of imidazole rings is 1. The van der Waals surface area contributed by atoms with Crippen molar-refractivity contribution in [2.24, 2.45) is 7.05 Å². The standard InChI is InChI=1S/C17H22N4O4S.ClH/c1-12-4-5-13(10-14(12)17(22)25-3)26(23,24)21-9-6-18-11-15(21)16-19-7-8-20(16)2;/h4-5,7-8,10,15,18H,6,9,11H2,1-3H3;1H. The molecule has 2 aromatic rings. The van der Waals surface area contributed by atoms with Crippen LogP contribution in [0.25, 0.3) is 0 Å². The van der Waals surface area contributed by atoms with Crippen LogP contribution in [0.5, 0.6) is 0 Å². The molecule has 8 nitrogen and oxygen atoms in total. The number of carbonyl (C=O) groups is 1. The summed E-state index contributed by atoms with van der Waals surface area (Å²) in [7, 11) is -0.692. The van der Waals surface area contributed by atoms with Gasteiger partial charge in [-0.25, -0.2) is 18.2 Å². The van der Waals surface area contributed by atoms with Crippen LogP contribution in [0.2, 0.25) is 0 Å². The third-order valence-electron chi connectivity index (χ3n) is 4.57. The van der Waals surface area contributed by atoms with E-state index >= 15 is 0 Å². The number of rotatable bonds is 4. The van der Waals surface area contributed by atoms with Gasteiger partial charge in [0.15, 0.2) is 0 Å². The Bertz CT molecular complexity index is 929. The maximum atomic E-state index is 13.3. The van der Waals surface area contributed by atoms with E-state index in [-0.39, 0.29) is 22.9 Å². The Kier molecular flexibility index (Phi) is 6.63. The number of sulfonamides is 1. The Morgan fingerprint density at radius 3 is 2.74 bits per heavy atom. The van der Waals surface area contributed by atoms with Crippen molar-refractivity contribution in [1.82, 2.24) is 19.2 Å². The lowest BCUT2D eigenvalue weighted by Crippen LogP contribution is -2.49. The molecule has 0 aliphatic carbocycles. The normalized spacial score (nSPS) is 18.0. The summed E-state index contributed by atoms with van der Waals surface area (Å²) in [4.78, 5) is 16.3. The summed E-state index contributed by atoms with van der Waals surface area (Å²) in [6.45, 7) is 3.08. The molecule has 2 heterocycles. The molecule has 1 aromatic carbocycles. The van der Waals surface area contributed by atoms with E-state index in [4.69, 9.17) is 4.74 Å². The number of carbonyl (C=O) groups excluding carboxylic acids is 1. The SMILES string of the molecule is COC(=O)c1cc(S(=O)(=O)N2CCNCC2c2nccn2C)ccc1C.Cl. The molecule has 148 valence electrons. The predicted molar refractivity (Wildman–Crippen MR) is 102 cm³/mol. The highest BCUT2D eigenvalue weighted by molar-refractivity contribution is 7.89. The Hall–Kier alpha value is -1.94. The molecule has 1 unspecified atom stereocenters. The van der Waals surface area contributed by atoms with Crippen LogP contribution in [-0.4, -0.2) is 55.0 Å². The van der Waals surface area contributed by atoms with Crippen molar-refractivity contribution in [3.8, 4) is 0 Å². The highest BCUT2D eigenvalue weighted by Gasteiger charge is 2.36. The molecule has 1 atom stereocenters. The molecule has 3 rings (SSSR count). The fraction of sp³-hybridized carbons (Fsp3) is 0.412. The fourth-order valence-electron chi connectivity index (χ4n) is 3.12. The van der Waals surface area contributed by atoms with Gasteiger partial charge in [-0.1, -0.05) is 6.07 Å². The second kappa shape index (κ2) is 8.39. The van der Waals surface area contributed by atoms with Crippen molar-refractivity contribution < 1.29 is 17.9 Å². The van der Waals surface area contributed by atoms with Crippen LogP contribution in [0.15, 0.2) is 35.5 Å². The average molecular weight is 415 g/mol. The summed E-state index contributed by atoms with van der Waals surface area (Å²) in [5.74, 6) is 0.113. The van der Waals surface area contributed by atoms with Crippen molar-refractivity contribution >= 4 is 28.4 Å². The first-order valence-corrected chi connectivity index (χ1v) is 9.69. The van der Waals surface area contributed by atoms with Gasteiger partial charge in [-0.3, -0.25) is 0 Å². The molecule has 1 aliphatic rings. The van der Waals surface area contributed by atoms with E-state index < -0.39 is 22.0 Å². The predicted octanol–water partition coefficient (Wildman–Crippen LogP) is 1.27. The lowest BCUT2D eigenvalue weighted by molar-refractivity contribution is 0.0599. The fourth-order valence-corrected chi connectivity index (χ4v) is 4.73. The van der Waals surface area contributed by atoms with Crippen LogP contribution in [0.1, 0.15) is 27.8 Å². The maximum absolute atomic E-state index is 13.3. The zero-order valence-electron chi connectivity index (χ0n) is 15.4. The molecule has 0 saturated carbocycles. The summed E-state index contributed by atoms with van der Waals surface area (Å²) in [5, 5.41) is 3.22. The summed E-state index contributed by atoms with van der Waals surface area (Å²) in [6.07, 6.45) is 3.44. The number of methoxy groups -OCH3 is 1. The molecule has 1 saturated heterocycles. The van der Waals surface area contributed by atoms with Gasteiger partial charge in [0.2, 0.25) is 10.0 Å². The van der Waals surface area contributed by atoms with Crippen molar-refractivity contribution in [3.63, 3.8) is 0 Å². The van der Waals surface area contributed by atoms with E-state index in [1.807, 2.05) is 11.6 Å². The first kappa shape index (κ1) is 21.4. The molecule has 27 heavy (non-hydrogen) atoms. The number of nitrogens with zero attached hydrogens (tertiary/aromatic N) is 3. The van der Waals surface area contributed by atoms with Crippen molar-refractivity contribution in [2.45, 2.75) is 17.9 Å². The van der Waals surface area contributed by atoms with Gasteiger partial charge in [-0.05, 0) is 24.6 Å². The van der Waals surface area contributed by atoms with E-state index in [1.54, 1.807) is 25.4 Å². The third-order valence-corrected chi connectivity index (χ3v) is 6.48. The number of nitrogens with one attached hydrogen (secondary N) is 1. The summed E-state index contributed by atoms with van der Waals surface area (Å²) in [6, 6.07) is 4.11. The lowest BCUT2D eigenvalue weighted by atomic mass is 10.1. The molecule has 0 radical (unpaired) electrons. The van der Waals surface area contributed by atoms with Gasteiger partial charge in [0.25, 0.3) is 0 Å². The second-order valence-electron chi connectivity index (χ2n) is 6.20. The molecule has 0 spiro atoms. The maximum Gasteiger partial charge on any atom is 0.338 e. The third kappa shape index (κ3) is 4.01. The highest BCUT2D eigenvalue weighted by atomic mass is 35.5. The minimum atomic E-state index is -3.80. The van der Waals surface area contributed by atoms with Gasteiger partial charge in [0.05, 0.1) is 23.6 Å². The first-order chi connectivity index (χ1) is 12.4. The summed E-state index contributed by atoms with van der Waals surface area (Å²) >= 11 is 0. The Morgan fingerprint density at radius 2 is 2.11 bits per heavy atom. The minimum Gasteiger partial charge on any atom is -0.465 e. The van der Waals surface area contributed by atoms with Gasteiger partial charge >= 0.3 is 5.97 Å². The van der Waals surface area contributed by atoms with Gasteiger partial charge < -0.3 is 14.6 Å². The number of esters is 1. The number of ether oxygens (including phenoxy) is 1. The molecule has 0 amide bonds. The zero-order chi connectivity index (χ0) is 18.9. The van der Waals surface area contributed by atoms with Crippen LogP contribution in [0.3, 0.4) is 0 Å². The number of benzene rings is 1. The van der Waals surface area contributed by atoms with Crippen molar-refractivity contribution in [3.05, 3.63) is 47.5 Å². The number of halogens is 1. The van der Waals surface area contributed by atoms with E-state index in [0.29, 0.717) is 31.0 Å². The second-order valence-corrected chi connectivity index (χ2v) is 8.09. The molecule has 1 N–H and O–H groups in total. The number of piperazine rings is 1. The minimum absolute atomic E-state index is 0. The van der Waals surface area contributed by atoms with E-state index in [2.05, 4.69) is 10.3 Å². The van der Waals surface area contributed by atoms with Crippen molar-refractivity contribution in [1.29, 1.82) is 0 Å². The molecule has 0 bridgehead atoms. The Morgan fingerprint density at radius 1 is 1.37 bits per heavy atom. The van der Waals surface area contributed by atoms with E-state index in [9.17, 15) is 13.2 Å². The van der Waals surface area contributed by atoms with Crippen LogP contribution in [0.4, 0.5) is 0 Å². The molecule has 1 fully saturated rings. The highest BCUT2D eigenvalue weighted by Crippen LogP contribution is 2.29. The molecule has 1 aliphatic heterocycles. The van der Waals surface area contributed by atoms with E-state index in [0.717, 1.165) is 0 Å². The summed E-state index contributed by atoms with van der Waals surface area (Å²) in [5.41, 5.74) is 0.911. The van der Waals surface area contributed by atoms with Crippen LogP contribution < -0.4 is 5.32 Å². The monoisotopic (exact) mass is 414 g/mol. The van der Waals surface area contributed by atoms with Gasteiger partial charge in [0, 0.05) is 39.1 Å². The number of aromatic nitrogens is 2. The zero-order valence-corrected chi connectivity index (χ0v) is 17.0. The van der Waals surface area contributed by atoms with Gasteiger partial charge in [0.1, 0.15) is 5.82 Å². The number of hydrogen-bond acceptors (Lipinski definition) is 6. The smallest absolute Gasteiger partial charge is 0.338 e. The van der Waals surface area contributed by atoms with Crippen LogP contribution >= 0.6 is 12.4 Å². The number of hydrogen-bond donors (Lipinski definition) is 1. The Balaban J connectivity index is 0.00000261. The lowest BCUT2D eigenvalue weighted by Gasteiger charge is -2.34. The summed E-state index contributed by atoms with van der Waals surface area (Å²) < 4.78 is 34.6.